The summed E-state index contributed by atoms with van der Waals surface area (Å²) in [5.41, 5.74) is -0.523. The lowest BCUT2D eigenvalue weighted by atomic mass is 9.44. The predicted octanol–water partition coefficient (Wildman–Crippen LogP) is 2.33. The fourth-order valence-corrected chi connectivity index (χ4v) is 7.66. The highest BCUT2D eigenvalue weighted by Gasteiger charge is 2.65. The van der Waals surface area contributed by atoms with Gasteiger partial charge in [0.2, 0.25) is 0 Å². The molecule has 4 fully saturated rings. The van der Waals surface area contributed by atoms with Crippen LogP contribution < -0.4 is 0 Å². The van der Waals surface area contributed by atoms with Crippen molar-refractivity contribution < 1.29 is 24.5 Å². The van der Waals surface area contributed by atoms with Gasteiger partial charge in [0, 0.05) is 12.3 Å². The van der Waals surface area contributed by atoms with E-state index in [2.05, 4.69) is 13.8 Å². The third-order valence-electron chi connectivity index (χ3n) is 8.90. The van der Waals surface area contributed by atoms with Crippen molar-refractivity contribution in [1.29, 1.82) is 0 Å². The minimum Gasteiger partial charge on any atom is -0.469 e. The Kier molecular flexibility index (Phi) is 4.27. The highest BCUT2D eigenvalue weighted by molar-refractivity contribution is 5.86. The van der Waals surface area contributed by atoms with Crippen LogP contribution in [0.5, 0.6) is 0 Å². The van der Waals surface area contributed by atoms with Gasteiger partial charge in [-0.05, 0) is 67.1 Å². The molecule has 2 N–H and O–H groups in total. The Balaban J connectivity index is 1.68. The number of hydrogen-bond acceptors (Lipinski definition) is 5. The number of carbonyl (C=O) groups is 2. The standard InChI is InChI=1S/C21H32O5/c1-20-9-8-15(22)18(24)13(20)5-4-11-12-6-7-14(19(25)26-3)21(12,2)10-16(23)17(11)20/h11-15,17-18,22,24H,4-10H2,1-3H3. The van der Waals surface area contributed by atoms with E-state index in [0.717, 1.165) is 32.1 Å². The molecule has 26 heavy (non-hydrogen) atoms. The quantitative estimate of drug-likeness (QED) is 0.698. The maximum absolute atomic E-state index is 13.4. The second kappa shape index (κ2) is 6.03. The number of aliphatic hydroxyl groups is 2. The normalized spacial score (nSPS) is 53.4. The van der Waals surface area contributed by atoms with Crippen LogP contribution in [0.25, 0.3) is 0 Å². The van der Waals surface area contributed by atoms with Gasteiger partial charge in [-0.3, -0.25) is 9.59 Å². The second-order valence-corrected chi connectivity index (χ2v) is 9.84. The van der Waals surface area contributed by atoms with Gasteiger partial charge in [0.05, 0.1) is 25.2 Å². The van der Waals surface area contributed by atoms with Crippen molar-refractivity contribution >= 4 is 11.8 Å². The van der Waals surface area contributed by atoms with Gasteiger partial charge in [-0.15, -0.1) is 0 Å². The van der Waals surface area contributed by atoms with Gasteiger partial charge >= 0.3 is 5.97 Å². The molecule has 9 atom stereocenters. The van der Waals surface area contributed by atoms with E-state index in [1.165, 1.54) is 7.11 Å². The molecule has 0 spiro atoms. The molecular formula is C21H32O5. The number of fused-ring (bicyclic) bond motifs is 5. The monoisotopic (exact) mass is 364 g/mol. The van der Waals surface area contributed by atoms with Gasteiger partial charge in [0.15, 0.2) is 0 Å². The van der Waals surface area contributed by atoms with Crippen LogP contribution in [0.2, 0.25) is 0 Å². The van der Waals surface area contributed by atoms with Gasteiger partial charge < -0.3 is 14.9 Å². The van der Waals surface area contributed by atoms with Crippen LogP contribution in [0.15, 0.2) is 0 Å². The Bertz CT molecular complexity index is 618. The number of hydrogen-bond donors (Lipinski definition) is 2. The van der Waals surface area contributed by atoms with Crippen molar-refractivity contribution in [3.63, 3.8) is 0 Å². The molecule has 0 aliphatic heterocycles. The van der Waals surface area contributed by atoms with E-state index in [1.54, 1.807) is 0 Å². The average molecular weight is 364 g/mol. The number of esters is 1. The van der Waals surface area contributed by atoms with E-state index in [-0.39, 0.29) is 40.3 Å². The Hall–Kier alpha value is -0.940. The lowest BCUT2D eigenvalue weighted by Gasteiger charge is -2.60. The molecule has 5 nitrogen and oxygen atoms in total. The maximum atomic E-state index is 13.4. The summed E-state index contributed by atoms with van der Waals surface area (Å²) < 4.78 is 5.04. The number of rotatable bonds is 1. The van der Waals surface area contributed by atoms with Gasteiger partial charge in [-0.1, -0.05) is 13.8 Å². The van der Waals surface area contributed by atoms with Crippen LogP contribution in [0.1, 0.15) is 58.8 Å². The average Bonchev–Trinajstić information content (AvgIpc) is 2.94. The van der Waals surface area contributed by atoms with Gasteiger partial charge in [-0.2, -0.15) is 0 Å². The summed E-state index contributed by atoms with van der Waals surface area (Å²) in [6.45, 7) is 4.28. The zero-order chi connectivity index (χ0) is 18.9. The zero-order valence-corrected chi connectivity index (χ0v) is 16.1. The summed E-state index contributed by atoms with van der Waals surface area (Å²) in [6.07, 6.45) is 3.99. The van der Waals surface area contributed by atoms with Crippen molar-refractivity contribution in [3.05, 3.63) is 0 Å². The first kappa shape index (κ1) is 18.4. The molecule has 0 amide bonds. The predicted molar refractivity (Wildman–Crippen MR) is 95.0 cm³/mol. The van der Waals surface area contributed by atoms with Gasteiger partial charge in [0.25, 0.3) is 0 Å². The summed E-state index contributed by atoms with van der Waals surface area (Å²) in [5.74, 6) is 0.538. The van der Waals surface area contributed by atoms with Crippen molar-refractivity contribution in [2.45, 2.75) is 71.0 Å². The molecule has 0 saturated heterocycles. The molecule has 0 aromatic rings. The first-order valence-corrected chi connectivity index (χ1v) is 10.2. The SMILES string of the molecule is COC(=O)C1CCC2C3CCC4C(O)C(O)CCC4(C)C3C(=O)CC12C. The molecule has 9 unspecified atom stereocenters. The minimum atomic E-state index is -0.720. The summed E-state index contributed by atoms with van der Waals surface area (Å²) in [4.78, 5) is 25.7. The lowest BCUT2D eigenvalue weighted by Crippen LogP contribution is -2.61. The molecule has 4 saturated carbocycles. The molecule has 4 aliphatic rings. The van der Waals surface area contributed by atoms with Crippen LogP contribution in [0.3, 0.4) is 0 Å². The van der Waals surface area contributed by atoms with Crippen molar-refractivity contribution in [2.75, 3.05) is 7.11 Å². The number of methoxy groups -OCH3 is 1. The van der Waals surface area contributed by atoms with Gasteiger partial charge in [0.1, 0.15) is 5.78 Å². The first-order valence-electron chi connectivity index (χ1n) is 10.2. The van der Waals surface area contributed by atoms with E-state index in [1.807, 2.05) is 0 Å². The fourth-order valence-electron chi connectivity index (χ4n) is 7.66. The van der Waals surface area contributed by atoms with E-state index < -0.39 is 12.2 Å². The number of ketones is 1. The van der Waals surface area contributed by atoms with Crippen molar-refractivity contribution in [2.24, 2.45) is 40.4 Å². The summed E-state index contributed by atoms with van der Waals surface area (Å²) in [7, 11) is 1.44. The molecule has 5 heteroatoms. The molecule has 0 bridgehead atoms. The van der Waals surface area contributed by atoms with Crippen LogP contribution in [0.4, 0.5) is 0 Å². The Morgan fingerprint density at radius 3 is 2.42 bits per heavy atom. The lowest BCUT2D eigenvalue weighted by molar-refractivity contribution is -0.182. The Morgan fingerprint density at radius 1 is 1.04 bits per heavy atom. The number of aliphatic hydroxyl groups excluding tert-OH is 2. The van der Waals surface area contributed by atoms with Crippen molar-refractivity contribution in [3.8, 4) is 0 Å². The van der Waals surface area contributed by atoms with Crippen molar-refractivity contribution in [1.82, 2.24) is 0 Å². The van der Waals surface area contributed by atoms with E-state index in [4.69, 9.17) is 4.74 Å². The smallest absolute Gasteiger partial charge is 0.309 e. The third-order valence-corrected chi connectivity index (χ3v) is 8.90. The number of carbonyl (C=O) groups excluding carboxylic acids is 2. The minimum absolute atomic E-state index is 0.00128. The second-order valence-electron chi connectivity index (χ2n) is 9.84. The Labute approximate surface area is 155 Å². The topological polar surface area (TPSA) is 83.8 Å². The maximum Gasteiger partial charge on any atom is 0.309 e. The molecule has 0 heterocycles. The molecule has 4 rings (SSSR count). The molecule has 0 radical (unpaired) electrons. The highest BCUT2D eigenvalue weighted by atomic mass is 16.5. The number of Topliss-reactive ketones (excluding diaryl/α,β-unsaturated/α-hetero) is 1. The summed E-state index contributed by atoms with van der Waals surface area (Å²) >= 11 is 0. The largest absolute Gasteiger partial charge is 0.469 e. The van der Waals surface area contributed by atoms with Crippen LogP contribution in [-0.4, -0.2) is 41.3 Å². The van der Waals surface area contributed by atoms with E-state index in [9.17, 15) is 19.8 Å². The molecular weight excluding hydrogens is 332 g/mol. The van der Waals surface area contributed by atoms with Crippen LogP contribution in [0, 0.1) is 40.4 Å². The fraction of sp³-hybridized carbons (Fsp3) is 0.905. The highest BCUT2D eigenvalue weighted by Crippen LogP contribution is 2.66. The summed E-state index contributed by atoms with van der Waals surface area (Å²) in [5, 5.41) is 20.7. The molecule has 4 aliphatic carbocycles. The van der Waals surface area contributed by atoms with Crippen LogP contribution in [-0.2, 0) is 14.3 Å². The van der Waals surface area contributed by atoms with Crippen LogP contribution >= 0.6 is 0 Å². The van der Waals surface area contributed by atoms with Gasteiger partial charge in [-0.25, -0.2) is 0 Å². The van der Waals surface area contributed by atoms with E-state index in [0.29, 0.717) is 24.7 Å². The Morgan fingerprint density at radius 2 is 1.73 bits per heavy atom. The third kappa shape index (κ3) is 2.29. The molecule has 146 valence electrons. The van der Waals surface area contributed by atoms with E-state index >= 15 is 0 Å². The number of ether oxygens (including phenoxy) is 1. The summed E-state index contributed by atoms with van der Waals surface area (Å²) in [6, 6.07) is 0. The first-order chi connectivity index (χ1) is 12.2. The zero-order valence-electron chi connectivity index (χ0n) is 16.1. The molecule has 0 aromatic heterocycles. The molecule has 0 aromatic carbocycles.